The summed E-state index contributed by atoms with van der Waals surface area (Å²) in [6, 6.07) is 18.2. The third kappa shape index (κ3) is 4.53. The molecule has 1 aromatic heterocycles. The highest BCUT2D eigenvalue weighted by atomic mass is 19.1. The van der Waals surface area contributed by atoms with Crippen LogP contribution in [0.5, 0.6) is 0 Å². The van der Waals surface area contributed by atoms with Gasteiger partial charge >= 0.3 is 0 Å². The van der Waals surface area contributed by atoms with Gasteiger partial charge in [-0.1, -0.05) is 37.3 Å². The zero-order chi connectivity index (χ0) is 17.6. The fraction of sp³-hybridized carbons (Fsp3) is 0.200. The van der Waals surface area contributed by atoms with Gasteiger partial charge in [-0.2, -0.15) is 0 Å². The van der Waals surface area contributed by atoms with Crippen molar-refractivity contribution in [3.63, 3.8) is 0 Å². The Kier molecular flexibility index (Phi) is 5.23. The second-order valence-corrected chi connectivity index (χ2v) is 5.91. The Hall–Kier alpha value is -2.95. The highest BCUT2D eigenvalue weighted by molar-refractivity contribution is 5.65. The van der Waals surface area contributed by atoms with Crippen LogP contribution in [0.1, 0.15) is 20.3 Å². The molecule has 0 amide bonds. The zero-order valence-electron chi connectivity index (χ0n) is 14.3. The smallest absolute Gasteiger partial charge is 0.163 e. The minimum Gasteiger partial charge on any atom is -0.367 e. The van der Waals surface area contributed by atoms with Gasteiger partial charge < -0.3 is 10.6 Å². The Bertz CT molecular complexity index is 819. The molecule has 0 saturated heterocycles. The number of hydrogen-bond acceptors (Lipinski definition) is 4. The minimum atomic E-state index is -0.266. The van der Waals surface area contributed by atoms with Crippen molar-refractivity contribution in [2.24, 2.45) is 0 Å². The van der Waals surface area contributed by atoms with Crippen molar-refractivity contribution >= 4 is 17.3 Å². The van der Waals surface area contributed by atoms with E-state index in [-0.39, 0.29) is 5.82 Å². The van der Waals surface area contributed by atoms with Gasteiger partial charge in [0.25, 0.3) is 0 Å². The molecule has 0 fully saturated rings. The number of hydrogen-bond donors (Lipinski definition) is 2. The fourth-order valence-corrected chi connectivity index (χ4v) is 2.34. The summed E-state index contributed by atoms with van der Waals surface area (Å²) < 4.78 is 13.1. The van der Waals surface area contributed by atoms with Gasteiger partial charge in [-0.25, -0.2) is 14.4 Å². The summed E-state index contributed by atoms with van der Waals surface area (Å²) in [7, 11) is 0. The van der Waals surface area contributed by atoms with E-state index in [1.54, 1.807) is 12.1 Å². The second kappa shape index (κ2) is 7.75. The summed E-state index contributed by atoms with van der Waals surface area (Å²) in [5.74, 6) is 1.79. The van der Waals surface area contributed by atoms with Gasteiger partial charge in [0.05, 0.1) is 0 Å². The predicted molar refractivity (Wildman–Crippen MR) is 101 cm³/mol. The van der Waals surface area contributed by atoms with E-state index in [9.17, 15) is 4.39 Å². The van der Waals surface area contributed by atoms with Crippen LogP contribution in [0.2, 0.25) is 0 Å². The molecular formula is C20H21FN4. The summed E-state index contributed by atoms with van der Waals surface area (Å²) in [5.41, 5.74) is 1.71. The molecule has 2 N–H and O–H groups in total. The molecule has 0 radical (unpaired) electrons. The molecule has 0 aliphatic heterocycles. The Morgan fingerprint density at radius 2 is 1.64 bits per heavy atom. The highest BCUT2D eigenvalue weighted by Gasteiger charge is 2.09. The maximum absolute atomic E-state index is 13.1. The van der Waals surface area contributed by atoms with Crippen molar-refractivity contribution in [1.29, 1.82) is 0 Å². The van der Waals surface area contributed by atoms with Crippen molar-refractivity contribution in [2.45, 2.75) is 26.3 Å². The van der Waals surface area contributed by atoms with Gasteiger partial charge in [0.1, 0.15) is 17.5 Å². The first-order chi connectivity index (χ1) is 12.1. The van der Waals surface area contributed by atoms with Crippen molar-refractivity contribution in [3.8, 4) is 11.4 Å². The lowest BCUT2D eigenvalue weighted by molar-refractivity contribution is 0.628. The van der Waals surface area contributed by atoms with Crippen molar-refractivity contribution < 1.29 is 4.39 Å². The summed E-state index contributed by atoms with van der Waals surface area (Å²) in [5, 5.41) is 6.60. The van der Waals surface area contributed by atoms with Gasteiger partial charge in [-0.15, -0.1) is 0 Å². The Morgan fingerprint density at radius 1 is 0.960 bits per heavy atom. The molecule has 0 aliphatic carbocycles. The van der Waals surface area contributed by atoms with Gasteiger partial charge in [0.2, 0.25) is 0 Å². The molecule has 128 valence electrons. The van der Waals surface area contributed by atoms with Gasteiger partial charge in [0, 0.05) is 23.4 Å². The molecule has 3 aromatic rings. The van der Waals surface area contributed by atoms with Gasteiger partial charge in [-0.3, -0.25) is 0 Å². The van der Waals surface area contributed by atoms with E-state index >= 15 is 0 Å². The van der Waals surface area contributed by atoms with E-state index in [1.165, 1.54) is 12.1 Å². The number of halogens is 1. The molecule has 4 nitrogen and oxygen atoms in total. The van der Waals surface area contributed by atoms with E-state index in [4.69, 9.17) is 0 Å². The summed E-state index contributed by atoms with van der Waals surface area (Å²) in [6.45, 7) is 4.23. The number of nitrogens with one attached hydrogen (secondary N) is 2. The minimum absolute atomic E-state index is 0.266. The first-order valence-corrected chi connectivity index (χ1v) is 8.37. The Labute approximate surface area is 147 Å². The van der Waals surface area contributed by atoms with Crippen LogP contribution in [0.15, 0.2) is 60.7 Å². The van der Waals surface area contributed by atoms with Crippen LogP contribution in [-0.4, -0.2) is 16.0 Å². The van der Waals surface area contributed by atoms with Gasteiger partial charge in [-0.05, 0) is 37.6 Å². The molecule has 5 heteroatoms. The molecule has 0 bridgehead atoms. The largest absolute Gasteiger partial charge is 0.367 e. The van der Waals surface area contributed by atoms with E-state index in [0.29, 0.717) is 17.7 Å². The lowest BCUT2D eigenvalue weighted by Gasteiger charge is -2.15. The third-order valence-electron chi connectivity index (χ3n) is 3.88. The topological polar surface area (TPSA) is 49.8 Å². The van der Waals surface area contributed by atoms with Gasteiger partial charge in [0.15, 0.2) is 5.82 Å². The average molecular weight is 336 g/mol. The summed E-state index contributed by atoms with van der Waals surface area (Å²) in [6.07, 6.45) is 0.991. The molecule has 2 aromatic carbocycles. The molecule has 1 heterocycles. The fourth-order valence-electron chi connectivity index (χ4n) is 2.34. The normalized spacial score (nSPS) is 11.8. The summed E-state index contributed by atoms with van der Waals surface area (Å²) in [4.78, 5) is 9.22. The predicted octanol–water partition coefficient (Wildman–Crippen LogP) is 5.24. The molecule has 0 spiro atoms. The number of benzene rings is 2. The average Bonchev–Trinajstić information content (AvgIpc) is 2.64. The molecule has 3 rings (SSSR count). The maximum Gasteiger partial charge on any atom is 0.163 e. The molecule has 0 aliphatic rings. The van der Waals surface area contributed by atoms with Crippen molar-refractivity contribution in [1.82, 2.24) is 9.97 Å². The van der Waals surface area contributed by atoms with E-state index in [2.05, 4.69) is 34.4 Å². The third-order valence-corrected chi connectivity index (χ3v) is 3.88. The van der Waals surface area contributed by atoms with Crippen LogP contribution in [0.4, 0.5) is 21.7 Å². The number of rotatable bonds is 6. The van der Waals surface area contributed by atoms with Crippen LogP contribution in [0.25, 0.3) is 11.4 Å². The molecule has 25 heavy (non-hydrogen) atoms. The molecular weight excluding hydrogens is 315 g/mol. The van der Waals surface area contributed by atoms with Crippen molar-refractivity contribution in [3.05, 3.63) is 66.5 Å². The lowest BCUT2D eigenvalue weighted by Crippen LogP contribution is -2.15. The molecule has 1 atom stereocenters. The monoisotopic (exact) mass is 336 g/mol. The standard InChI is InChI=1S/C20H21FN4/c1-3-14(2)22-18-13-19(23-17-11-9-16(21)10-12-17)25-20(24-18)15-7-5-4-6-8-15/h4-14H,3H2,1-2H3,(H2,22,23,24,25). The Balaban J connectivity index is 1.95. The summed E-state index contributed by atoms with van der Waals surface area (Å²) >= 11 is 0. The van der Waals surface area contributed by atoms with Crippen LogP contribution >= 0.6 is 0 Å². The van der Waals surface area contributed by atoms with Crippen LogP contribution in [0, 0.1) is 5.82 Å². The number of nitrogens with zero attached hydrogens (tertiary/aromatic N) is 2. The quantitative estimate of drug-likeness (QED) is 0.646. The molecule has 0 saturated carbocycles. The van der Waals surface area contributed by atoms with Crippen molar-refractivity contribution in [2.75, 3.05) is 10.6 Å². The van der Waals surface area contributed by atoms with Crippen LogP contribution < -0.4 is 10.6 Å². The second-order valence-electron chi connectivity index (χ2n) is 5.91. The maximum atomic E-state index is 13.1. The first kappa shape index (κ1) is 16.9. The zero-order valence-corrected chi connectivity index (χ0v) is 14.3. The van der Waals surface area contributed by atoms with E-state index in [0.717, 1.165) is 23.5 Å². The first-order valence-electron chi connectivity index (χ1n) is 8.37. The highest BCUT2D eigenvalue weighted by Crippen LogP contribution is 2.23. The van der Waals surface area contributed by atoms with E-state index in [1.807, 2.05) is 36.4 Å². The number of anilines is 3. The van der Waals surface area contributed by atoms with Crippen LogP contribution in [-0.2, 0) is 0 Å². The number of aromatic nitrogens is 2. The van der Waals surface area contributed by atoms with E-state index < -0.39 is 0 Å². The molecule has 1 unspecified atom stereocenters. The Morgan fingerprint density at radius 3 is 2.32 bits per heavy atom. The van der Waals surface area contributed by atoms with Crippen LogP contribution in [0.3, 0.4) is 0 Å². The lowest BCUT2D eigenvalue weighted by atomic mass is 10.2. The SMILES string of the molecule is CCC(C)Nc1cc(Nc2ccc(F)cc2)nc(-c2ccccc2)n1.